The first-order valence-electron chi connectivity index (χ1n) is 9.78. The Morgan fingerprint density at radius 3 is 2.24 bits per heavy atom. The van der Waals surface area contributed by atoms with Crippen LogP contribution in [0.5, 0.6) is 0 Å². The SMILES string of the molecule is CCN(c1ccccc1)c1cc(C(=O)NCCN(C)C)nc(-c2ccccc2)n1. The number of anilines is 2. The van der Waals surface area contributed by atoms with Crippen molar-refractivity contribution in [2.24, 2.45) is 0 Å². The molecule has 3 aromatic rings. The van der Waals surface area contributed by atoms with Gasteiger partial charge < -0.3 is 15.1 Å². The number of carbonyl (C=O) groups excluding carboxylic acids is 1. The lowest BCUT2D eigenvalue weighted by Gasteiger charge is -2.23. The Hall–Kier alpha value is -3.25. The molecule has 3 rings (SSSR count). The maximum absolute atomic E-state index is 12.8. The minimum Gasteiger partial charge on any atom is -0.349 e. The molecule has 6 nitrogen and oxygen atoms in total. The second-order valence-electron chi connectivity index (χ2n) is 6.94. The second-order valence-corrected chi connectivity index (χ2v) is 6.94. The summed E-state index contributed by atoms with van der Waals surface area (Å²) in [4.78, 5) is 26.2. The largest absolute Gasteiger partial charge is 0.349 e. The predicted molar refractivity (Wildman–Crippen MR) is 117 cm³/mol. The predicted octanol–water partition coefficient (Wildman–Crippen LogP) is 3.59. The second kappa shape index (κ2) is 9.80. The molecule has 0 saturated carbocycles. The van der Waals surface area contributed by atoms with Gasteiger partial charge in [0.1, 0.15) is 11.5 Å². The molecular weight excluding hydrogens is 362 g/mol. The fourth-order valence-corrected chi connectivity index (χ4v) is 2.97. The van der Waals surface area contributed by atoms with E-state index in [-0.39, 0.29) is 5.91 Å². The van der Waals surface area contributed by atoms with Crippen LogP contribution in [0.25, 0.3) is 11.4 Å². The van der Waals surface area contributed by atoms with Crippen molar-refractivity contribution in [1.82, 2.24) is 20.2 Å². The van der Waals surface area contributed by atoms with Gasteiger partial charge in [0, 0.05) is 37.0 Å². The van der Waals surface area contributed by atoms with Gasteiger partial charge in [-0.25, -0.2) is 9.97 Å². The molecule has 1 N–H and O–H groups in total. The first-order chi connectivity index (χ1) is 14.1. The molecule has 0 aliphatic carbocycles. The van der Waals surface area contributed by atoms with Gasteiger partial charge >= 0.3 is 0 Å². The van der Waals surface area contributed by atoms with Crippen LogP contribution < -0.4 is 10.2 Å². The fourth-order valence-electron chi connectivity index (χ4n) is 2.97. The Kier molecular flexibility index (Phi) is 6.92. The van der Waals surface area contributed by atoms with Crippen LogP contribution in [-0.4, -0.2) is 54.5 Å². The Morgan fingerprint density at radius 1 is 0.966 bits per heavy atom. The lowest BCUT2D eigenvalue weighted by atomic mass is 10.2. The minimum atomic E-state index is -0.197. The summed E-state index contributed by atoms with van der Waals surface area (Å²) in [6.07, 6.45) is 0. The molecule has 0 unspecified atom stereocenters. The molecule has 29 heavy (non-hydrogen) atoms. The molecule has 0 spiro atoms. The van der Waals surface area contributed by atoms with Crippen LogP contribution in [-0.2, 0) is 0 Å². The molecule has 6 heteroatoms. The summed E-state index contributed by atoms with van der Waals surface area (Å²) >= 11 is 0. The molecule has 0 fully saturated rings. The smallest absolute Gasteiger partial charge is 0.270 e. The van der Waals surface area contributed by atoms with Gasteiger partial charge in [0.05, 0.1) is 0 Å². The van der Waals surface area contributed by atoms with E-state index in [0.29, 0.717) is 23.9 Å². The topological polar surface area (TPSA) is 61.4 Å². The molecule has 0 aliphatic heterocycles. The van der Waals surface area contributed by atoms with Crippen molar-refractivity contribution in [3.05, 3.63) is 72.4 Å². The molecule has 0 bridgehead atoms. The van der Waals surface area contributed by atoms with Crippen molar-refractivity contribution >= 4 is 17.4 Å². The van der Waals surface area contributed by atoms with Crippen LogP contribution in [0.1, 0.15) is 17.4 Å². The third-order valence-electron chi connectivity index (χ3n) is 4.48. The zero-order valence-corrected chi connectivity index (χ0v) is 17.2. The average molecular weight is 390 g/mol. The number of aromatic nitrogens is 2. The maximum atomic E-state index is 12.8. The van der Waals surface area contributed by atoms with Crippen LogP contribution in [0.15, 0.2) is 66.7 Å². The van der Waals surface area contributed by atoms with Gasteiger partial charge in [-0.3, -0.25) is 4.79 Å². The highest BCUT2D eigenvalue weighted by molar-refractivity contribution is 5.93. The van der Waals surface area contributed by atoms with Gasteiger partial charge in [-0.05, 0) is 33.2 Å². The number of carbonyl (C=O) groups is 1. The van der Waals surface area contributed by atoms with Gasteiger partial charge in [-0.1, -0.05) is 48.5 Å². The lowest BCUT2D eigenvalue weighted by Crippen LogP contribution is -2.32. The Balaban J connectivity index is 2.00. The summed E-state index contributed by atoms with van der Waals surface area (Å²) in [5.74, 6) is 1.04. The van der Waals surface area contributed by atoms with Crippen LogP contribution in [0.3, 0.4) is 0 Å². The molecule has 0 aliphatic rings. The molecule has 2 aromatic carbocycles. The third kappa shape index (κ3) is 5.39. The summed E-state index contributed by atoms with van der Waals surface area (Å²) in [5.41, 5.74) is 2.26. The van der Waals surface area contributed by atoms with Crippen molar-refractivity contribution in [3.8, 4) is 11.4 Å². The number of nitrogens with zero attached hydrogens (tertiary/aromatic N) is 4. The van der Waals surface area contributed by atoms with E-state index in [1.165, 1.54) is 0 Å². The number of para-hydroxylation sites is 1. The lowest BCUT2D eigenvalue weighted by molar-refractivity contribution is 0.0946. The van der Waals surface area contributed by atoms with Crippen LogP contribution in [0, 0.1) is 0 Å². The first kappa shape index (κ1) is 20.5. The van der Waals surface area contributed by atoms with Gasteiger partial charge in [0.15, 0.2) is 5.82 Å². The Bertz CT molecular complexity index is 929. The van der Waals surface area contributed by atoms with E-state index in [0.717, 1.165) is 24.3 Å². The number of amides is 1. The molecule has 1 aromatic heterocycles. The third-order valence-corrected chi connectivity index (χ3v) is 4.48. The van der Waals surface area contributed by atoms with Crippen molar-refractivity contribution in [1.29, 1.82) is 0 Å². The monoisotopic (exact) mass is 389 g/mol. The van der Waals surface area contributed by atoms with Crippen molar-refractivity contribution in [2.75, 3.05) is 38.6 Å². The highest BCUT2D eigenvalue weighted by Gasteiger charge is 2.17. The number of nitrogens with one attached hydrogen (secondary N) is 1. The zero-order chi connectivity index (χ0) is 20.6. The summed E-state index contributed by atoms with van der Waals surface area (Å²) in [7, 11) is 3.95. The average Bonchev–Trinajstić information content (AvgIpc) is 2.75. The Labute approximate surface area is 172 Å². The van der Waals surface area contributed by atoms with E-state index in [9.17, 15) is 4.79 Å². The van der Waals surface area contributed by atoms with E-state index in [4.69, 9.17) is 4.98 Å². The quantitative estimate of drug-likeness (QED) is 0.638. The van der Waals surface area contributed by atoms with E-state index in [1.807, 2.05) is 79.7 Å². The molecule has 150 valence electrons. The molecular formula is C23H27N5O. The van der Waals surface area contributed by atoms with Crippen molar-refractivity contribution in [2.45, 2.75) is 6.92 Å². The molecule has 1 amide bonds. The number of hydrogen-bond acceptors (Lipinski definition) is 5. The maximum Gasteiger partial charge on any atom is 0.270 e. The molecule has 0 atom stereocenters. The zero-order valence-electron chi connectivity index (χ0n) is 17.2. The molecule has 0 radical (unpaired) electrons. The summed E-state index contributed by atoms with van der Waals surface area (Å²) in [6.45, 7) is 4.10. The van der Waals surface area contributed by atoms with Gasteiger partial charge in [-0.15, -0.1) is 0 Å². The summed E-state index contributed by atoms with van der Waals surface area (Å²) in [6, 6.07) is 21.5. The Morgan fingerprint density at radius 2 is 1.62 bits per heavy atom. The standard InChI is InChI=1S/C23H27N5O/c1-4-28(19-13-9-6-10-14-19)21-17-20(23(29)24-15-16-27(2)3)25-22(26-21)18-11-7-5-8-12-18/h5-14,17H,4,15-16H2,1-3H3,(H,24,29). The molecule has 0 saturated heterocycles. The van der Waals surface area contributed by atoms with Crippen LogP contribution in [0.4, 0.5) is 11.5 Å². The van der Waals surface area contributed by atoms with Crippen molar-refractivity contribution in [3.63, 3.8) is 0 Å². The minimum absolute atomic E-state index is 0.197. The van der Waals surface area contributed by atoms with Crippen LogP contribution in [0.2, 0.25) is 0 Å². The van der Waals surface area contributed by atoms with Crippen LogP contribution >= 0.6 is 0 Å². The van der Waals surface area contributed by atoms with Gasteiger partial charge in [-0.2, -0.15) is 0 Å². The number of likely N-dealkylation sites (N-methyl/N-ethyl adjacent to an activating group) is 1. The van der Waals surface area contributed by atoms with E-state index >= 15 is 0 Å². The number of hydrogen-bond donors (Lipinski definition) is 1. The fraction of sp³-hybridized carbons (Fsp3) is 0.261. The highest BCUT2D eigenvalue weighted by Crippen LogP contribution is 2.26. The highest BCUT2D eigenvalue weighted by atomic mass is 16.1. The molecule has 1 heterocycles. The number of rotatable bonds is 8. The van der Waals surface area contributed by atoms with Gasteiger partial charge in [0.2, 0.25) is 0 Å². The van der Waals surface area contributed by atoms with E-state index in [1.54, 1.807) is 6.07 Å². The van der Waals surface area contributed by atoms with Crippen molar-refractivity contribution < 1.29 is 4.79 Å². The van der Waals surface area contributed by atoms with E-state index < -0.39 is 0 Å². The van der Waals surface area contributed by atoms with E-state index in [2.05, 4.69) is 22.1 Å². The summed E-state index contributed by atoms with van der Waals surface area (Å²) in [5, 5.41) is 2.94. The summed E-state index contributed by atoms with van der Waals surface area (Å²) < 4.78 is 0. The van der Waals surface area contributed by atoms with Gasteiger partial charge in [0.25, 0.3) is 5.91 Å². The first-order valence-corrected chi connectivity index (χ1v) is 9.78. The normalized spacial score (nSPS) is 10.8. The number of benzene rings is 2.